The number of imidazole rings is 1. The van der Waals surface area contributed by atoms with Crippen molar-refractivity contribution in [3.05, 3.63) is 18.2 Å². The summed E-state index contributed by atoms with van der Waals surface area (Å²) in [5.41, 5.74) is 1.06. The Hall–Kier alpha value is -0.870. The summed E-state index contributed by atoms with van der Waals surface area (Å²) in [6, 6.07) is 0. The van der Waals surface area contributed by atoms with Crippen LogP contribution in [0.2, 0.25) is 0 Å². The fourth-order valence-electron chi connectivity index (χ4n) is 1.96. The third-order valence-corrected chi connectivity index (χ3v) is 3.01. The van der Waals surface area contributed by atoms with Crippen LogP contribution in [0.4, 0.5) is 0 Å². The molecule has 0 bridgehead atoms. The van der Waals surface area contributed by atoms with E-state index in [-0.39, 0.29) is 0 Å². The molecular formula is C11H19N3O. The molecule has 1 N–H and O–H groups in total. The number of rotatable bonds is 4. The molecule has 1 fully saturated rings. The van der Waals surface area contributed by atoms with Crippen LogP contribution in [0, 0.1) is 0 Å². The summed E-state index contributed by atoms with van der Waals surface area (Å²) in [4.78, 5) is 9.49. The Kier molecular flexibility index (Phi) is 3.75. The summed E-state index contributed by atoms with van der Waals surface area (Å²) in [6.45, 7) is 6.38. The molecule has 0 radical (unpaired) electrons. The van der Waals surface area contributed by atoms with Gasteiger partial charge in [-0.1, -0.05) is 6.92 Å². The normalized spacial score (nSPS) is 19.5. The number of H-pyrrole nitrogens is 1. The summed E-state index contributed by atoms with van der Waals surface area (Å²) in [6.07, 6.45) is 6.25. The van der Waals surface area contributed by atoms with Crippen LogP contribution in [0.1, 0.15) is 25.5 Å². The maximum absolute atomic E-state index is 5.82. The first-order valence-electron chi connectivity index (χ1n) is 5.69. The van der Waals surface area contributed by atoms with Gasteiger partial charge in [-0.2, -0.15) is 0 Å². The monoisotopic (exact) mass is 209 g/mol. The number of aromatic amines is 1. The van der Waals surface area contributed by atoms with Gasteiger partial charge in [0.25, 0.3) is 0 Å². The number of piperidine rings is 1. The highest BCUT2D eigenvalue weighted by atomic mass is 16.5. The second kappa shape index (κ2) is 5.28. The van der Waals surface area contributed by atoms with Crippen LogP contribution >= 0.6 is 0 Å². The average molecular weight is 209 g/mol. The van der Waals surface area contributed by atoms with Crippen LogP contribution in [-0.2, 0) is 11.3 Å². The first-order chi connectivity index (χ1) is 7.38. The van der Waals surface area contributed by atoms with Gasteiger partial charge in [0.1, 0.15) is 0 Å². The van der Waals surface area contributed by atoms with E-state index < -0.39 is 0 Å². The highest BCUT2D eigenvalue weighted by Gasteiger charge is 2.18. The molecule has 1 aliphatic rings. The Balaban J connectivity index is 1.69. The summed E-state index contributed by atoms with van der Waals surface area (Å²) < 4.78 is 5.82. The molecule has 2 heterocycles. The Bertz CT molecular complexity index is 265. The molecule has 1 saturated heterocycles. The van der Waals surface area contributed by atoms with Crippen LogP contribution in [0.25, 0.3) is 0 Å². The van der Waals surface area contributed by atoms with Gasteiger partial charge in [-0.15, -0.1) is 0 Å². The largest absolute Gasteiger partial charge is 0.372 e. The second-order valence-corrected chi connectivity index (χ2v) is 4.02. The smallest absolute Gasteiger partial charge is 0.0922 e. The highest BCUT2D eigenvalue weighted by Crippen LogP contribution is 2.14. The molecule has 0 atom stereocenters. The van der Waals surface area contributed by atoms with Gasteiger partial charge in [-0.3, -0.25) is 0 Å². The predicted molar refractivity (Wildman–Crippen MR) is 58.5 cm³/mol. The summed E-state index contributed by atoms with van der Waals surface area (Å²) in [7, 11) is 0. The standard InChI is InChI=1S/C11H19N3O/c1-2-14-5-3-11(4-6-14)15-8-10-7-12-9-13-10/h7,9,11H,2-6,8H2,1H3,(H,12,13). The van der Waals surface area contributed by atoms with Crippen molar-refractivity contribution in [2.45, 2.75) is 32.5 Å². The van der Waals surface area contributed by atoms with Gasteiger partial charge in [0.05, 0.1) is 30.9 Å². The average Bonchev–Trinajstić information content (AvgIpc) is 2.80. The molecule has 1 aromatic rings. The molecule has 0 aliphatic carbocycles. The summed E-state index contributed by atoms with van der Waals surface area (Å²) in [5, 5.41) is 0. The molecule has 0 spiro atoms. The first kappa shape index (κ1) is 10.6. The minimum Gasteiger partial charge on any atom is -0.372 e. The van der Waals surface area contributed by atoms with E-state index in [9.17, 15) is 0 Å². The van der Waals surface area contributed by atoms with Crippen LogP contribution in [0.5, 0.6) is 0 Å². The molecule has 0 unspecified atom stereocenters. The van der Waals surface area contributed by atoms with Crippen molar-refractivity contribution in [2.24, 2.45) is 0 Å². The van der Waals surface area contributed by atoms with E-state index in [4.69, 9.17) is 4.74 Å². The molecule has 2 rings (SSSR count). The summed E-state index contributed by atoms with van der Waals surface area (Å²) in [5.74, 6) is 0. The van der Waals surface area contributed by atoms with Crippen molar-refractivity contribution >= 4 is 0 Å². The maximum Gasteiger partial charge on any atom is 0.0922 e. The molecule has 0 amide bonds. The molecule has 0 saturated carbocycles. The summed E-state index contributed by atoms with van der Waals surface area (Å²) >= 11 is 0. The fourth-order valence-corrected chi connectivity index (χ4v) is 1.96. The zero-order chi connectivity index (χ0) is 10.5. The number of nitrogens with zero attached hydrogens (tertiary/aromatic N) is 2. The molecule has 4 heteroatoms. The van der Waals surface area contributed by atoms with Crippen molar-refractivity contribution in [3.63, 3.8) is 0 Å². The predicted octanol–water partition coefficient (Wildman–Crippen LogP) is 1.41. The molecular weight excluding hydrogens is 190 g/mol. The van der Waals surface area contributed by atoms with Gasteiger partial charge in [0.2, 0.25) is 0 Å². The van der Waals surface area contributed by atoms with Crippen molar-refractivity contribution in [3.8, 4) is 0 Å². The number of nitrogens with one attached hydrogen (secondary N) is 1. The maximum atomic E-state index is 5.82. The van der Waals surface area contributed by atoms with Crippen LogP contribution in [0.3, 0.4) is 0 Å². The van der Waals surface area contributed by atoms with Crippen LogP contribution < -0.4 is 0 Å². The van der Waals surface area contributed by atoms with Gasteiger partial charge in [0.15, 0.2) is 0 Å². The Morgan fingerprint density at radius 1 is 1.53 bits per heavy atom. The van der Waals surface area contributed by atoms with E-state index in [0.29, 0.717) is 12.7 Å². The van der Waals surface area contributed by atoms with Crippen molar-refractivity contribution in [1.29, 1.82) is 0 Å². The number of likely N-dealkylation sites (tertiary alicyclic amines) is 1. The molecule has 1 aliphatic heterocycles. The molecule has 84 valence electrons. The van der Waals surface area contributed by atoms with Gasteiger partial charge in [-0.05, 0) is 19.4 Å². The van der Waals surface area contributed by atoms with Crippen molar-refractivity contribution in [1.82, 2.24) is 14.9 Å². The molecule has 1 aromatic heterocycles. The quantitative estimate of drug-likeness (QED) is 0.815. The molecule has 0 aromatic carbocycles. The topological polar surface area (TPSA) is 41.1 Å². The van der Waals surface area contributed by atoms with E-state index in [1.807, 2.05) is 6.20 Å². The van der Waals surface area contributed by atoms with Crippen molar-refractivity contribution in [2.75, 3.05) is 19.6 Å². The first-order valence-corrected chi connectivity index (χ1v) is 5.69. The SMILES string of the molecule is CCN1CCC(OCc2cnc[nH]2)CC1. The van der Waals surface area contributed by atoms with Gasteiger partial charge in [-0.25, -0.2) is 4.98 Å². The zero-order valence-electron chi connectivity index (χ0n) is 9.28. The minimum absolute atomic E-state index is 0.427. The third-order valence-electron chi connectivity index (χ3n) is 3.01. The molecule has 4 nitrogen and oxygen atoms in total. The van der Waals surface area contributed by atoms with E-state index in [2.05, 4.69) is 21.8 Å². The third kappa shape index (κ3) is 3.04. The van der Waals surface area contributed by atoms with E-state index in [1.165, 1.54) is 13.1 Å². The van der Waals surface area contributed by atoms with Crippen molar-refractivity contribution < 1.29 is 4.74 Å². The van der Waals surface area contributed by atoms with Gasteiger partial charge in [0, 0.05) is 13.1 Å². The number of hydrogen-bond acceptors (Lipinski definition) is 3. The second-order valence-electron chi connectivity index (χ2n) is 4.02. The van der Waals surface area contributed by atoms with Gasteiger partial charge < -0.3 is 14.6 Å². The van der Waals surface area contributed by atoms with E-state index in [0.717, 1.165) is 25.1 Å². The fraction of sp³-hybridized carbons (Fsp3) is 0.727. The van der Waals surface area contributed by atoms with E-state index >= 15 is 0 Å². The Morgan fingerprint density at radius 3 is 2.93 bits per heavy atom. The Morgan fingerprint density at radius 2 is 2.33 bits per heavy atom. The highest BCUT2D eigenvalue weighted by molar-refractivity contribution is 4.91. The van der Waals surface area contributed by atoms with E-state index in [1.54, 1.807) is 6.33 Å². The lowest BCUT2D eigenvalue weighted by atomic mass is 10.1. The minimum atomic E-state index is 0.427. The number of ether oxygens (including phenoxy) is 1. The number of hydrogen-bond donors (Lipinski definition) is 1. The lowest BCUT2D eigenvalue weighted by Gasteiger charge is -2.30. The van der Waals surface area contributed by atoms with Crippen LogP contribution in [0.15, 0.2) is 12.5 Å². The van der Waals surface area contributed by atoms with Gasteiger partial charge >= 0.3 is 0 Å². The lowest BCUT2D eigenvalue weighted by molar-refractivity contribution is -0.00264. The Labute approximate surface area is 90.6 Å². The molecule has 15 heavy (non-hydrogen) atoms. The number of aromatic nitrogens is 2. The van der Waals surface area contributed by atoms with Crippen LogP contribution in [-0.4, -0.2) is 40.6 Å². The zero-order valence-corrected chi connectivity index (χ0v) is 9.28. The lowest BCUT2D eigenvalue weighted by Crippen LogP contribution is -2.36.